The zero-order chi connectivity index (χ0) is 28.3. The molecule has 1 saturated carbocycles. The SMILES string of the molecule is CN1CCC(CN2CCN(Cc3ccc(C(=O)NN(c4nc(N)nc5c4ncn5C)C4CCCC4)cc3)CC2)CC1. The number of benzene rings is 1. The maximum absolute atomic E-state index is 13.5. The Kier molecular flexibility index (Phi) is 8.36. The first-order valence-corrected chi connectivity index (χ1v) is 15.2. The van der Waals surface area contributed by atoms with Crippen molar-refractivity contribution in [3.63, 3.8) is 0 Å². The van der Waals surface area contributed by atoms with E-state index >= 15 is 0 Å². The van der Waals surface area contributed by atoms with Gasteiger partial charge in [-0.05, 0) is 69.4 Å². The van der Waals surface area contributed by atoms with Crippen LogP contribution in [0.1, 0.15) is 54.4 Å². The zero-order valence-corrected chi connectivity index (χ0v) is 24.5. The second-order valence-corrected chi connectivity index (χ2v) is 12.2. The van der Waals surface area contributed by atoms with Crippen LogP contribution in [0.15, 0.2) is 30.6 Å². The second-order valence-electron chi connectivity index (χ2n) is 12.2. The van der Waals surface area contributed by atoms with E-state index in [1.54, 1.807) is 6.33 Å². The number of rotatable bonds is 8. The molecule has 41 heavy (non-hydrogen) atoms. The van der Waals surface area contributed by atoms with E-state index < -0.39 is 0 Å². The number of anilines is 2. The summed E-state index contributed by atoms with van der Waals surface area (Å²) < 4.78 is 1.82. The van der Waals surface area contributed by atoms with Crippen LogP contribution in [0.5, 0.6) is 0 Å². The molecule has 3 aromatic rings. The van der Waals surface area contributed by atoms with Gasteiger partial charge in [-0.25, -0.2) is 4.98 Å². The number of carbonyl (C=O) groups excluding carboxylic acids is 1. The standard InChI is InChI=1S/C30H44N10O/c1-36-13-11-23(12-14-36)20-39-17-15-38(16-18-39)19-22-7-9-24(10-8-22)29(41)35-40(25-5-3-4-6-25)28-26-27(33-30(31)34-28)37(2)21-32-26/h7-10,21,23,25H,3-6,11-20H2,1-2H3,(H,35,41)(H2,31,33,34). The average molecular weight is 561 g/mol. The van der Waals surface area contributed by atoms with Crippen LogP contribution in [0.3, 0.4) is 0 Å². The number of nitrogens with two attached hydrogens (primary N) is 1. The van der Waals surface area contributed by atoms with E-state index in [9.17, 15) is 4.79 Å². The van der Waals surface area contributed by atoms with Crippen LogP contribution in [0.25, 0.3) is 11.2 Å². The Bertz CT molecular complexity index is 1320. The van der Waals surface area contributed by atoms with Crippen molar-refractivity contribution < 1.29 is 4.79 Å². The molecule has 3 aliphatic rings. The molecule has 1 amide bonds. The number of amides is 1. The zero-order valence-electron chi connectivity index (χ0n) is 24.5. The predicted octanol–water partition coefficient (Wildman–Crippen LogP) is 2.50. The van der Waals surface area contributed by atoms with Crippen molar-refractivity contribution in [1.29, 1.82) is 0 Å². The average Bonchev–Trinajstić information content (AvgIpc) is 3.64. The van der Waals surface area contributed by atoms with Gasteiger partial charge in [-0.2, -0.15) is 9.97 Å². The Hall–Kier alpha value is -3.28. The number of aromatic nitrogens is 4. The van der Waals surface area contributed by atoms with Crippen LogP contribution in [-0.4, -0.2) is 99.0 Å². The predicted molar refractivity (Wildman–Crippen MR) is 161 cm³/mol. The molecule has 3 N–H and O–H groups in total. The topological polar surface area (TPSA) is 112 Å². The molecule has 11 nitrogen and oxygen atoms in total. The summed E-state index contributed by atoms with van der Waals surface area (Å²) in [5.41, 5.74) is 12.4. The number of hydrazine groups is 1. The second kappa shape index (κ2) is 12.3. The molecule has 0 bridgehead atoms. The first-order valence-electron chi connectivity index (χ1n) is 15.2. The maximum Gasteiger partial charge on any atom is 0.269 e. The fourth-order valence-electron chi connectivity index (χ4n) is 6.59. The van der Waals surface area contributed by atoms with Gasteiger partial charge in [0.1, 0.15) is 0 Å². The molecular weight excluding hydrogens is 516 g/mol. The van der Waals surface area contributed by atoms with Crippen molar-refractivity contribution in [2.24, 2.45) is 13.0 Å². The summed E-state index contributed by atoms with van der Waals surface area (Å²) >= 11 is 0. The van der Waals surface area contributed by atoms with Gasteiger partial charge in [0, 0.05) is 51.9 Å². The molecule has 4 heterocycles. The fourth-order valence-corrected chi connectivity index (χ4v) is 6.59. The number of aryl methyl sites for hydroxylation is 1. The van der Waals surface area contributed by atoms with Crippen molar-refractivity contribution in [1.82, 2.24) is 39.6 Å². The summed E-state index contributed by atoms with van der Waals surface area (Å²) in [6.07, 6.45) is 8.54. The summed E-state index contributed by atoms with van der Waals surface area (Å²) in [4.78, 5) is 34.5. The normalized spacial score (nSPS) is 20.1. The summed E-state index contributed by atoms with van der Waals surface area (Å²) in [5.74, 6) is 1.41. The number of piperazine rings is 1. The highest BCUT2D eigenvalue weighted by molar-refractivity contribution is 5.96. The number of nitrogens with one attached hydrogen (secondary N) is 1. The lowest BCUT2D eigenvalue weighted by atomic mass is 9.96. The quantitative estimate of drug-likeness (QED) is 0.402. The third-order valence-corrected chi connectivity index (χ3v) is 9.14. The van der Waals surface area contributed by atoms with Gasteiger partial charge >= 0.3 is 0 Å². The van der Waals surface area contributed by atoms with E-state index in [0.29, 0.717) is 22.5 Å². The van der Waals surface area contributed by atoms with Gasteiger partial charge in [0.05, 0.1) is 12.4 Å². The Morgan fingerprint density at radius 1 is 0.951 bits per heavy atom. The molecule has 6 rings (SSSR count). The number of nitrogen functional groups attached to an aromatic ring is 1. The molecule has 0 radical (unpaired) electrons. The van der Waals surface area contributed by atoms with Crippen LogP contribution < -0.4 is 16.2 Å². The molecule has 1 aromatic carbocycles. The van der Waals surface area contributed by atoms with Crippen molar-refractivity contribution in [2.45, 2.75) is 51.1 Å². The smallest absolute Gasteiger partial charge is 0.269 e. The number of imidazole rings is 1. The van der Waals surface area contributed by atoms with Gasteiger partial charge in [0.25, 0.3) is 5.91 Å². The number of fused-ring (bicyclic) bond motifs is 1. The summed E-state index contributed by atoms with van der Waals surface area (Å²) in [6, 6.07) is 8.16. The molecule has 1 aliphatic carbocycles. The Labute approximate surface area is 242 Å². The van der Waals surface area contributed by atoms with E-state index in [4.69, 9.17) is 5.73 Å². The fraction of sp³-hybridized carbons (Fsp3) is 0.600. The number of likely N-dealkylation sites (tertiary alicyclic amines) is 1. The lowest BCUT2D eigenvalue weighted by molar-refractivity contribution is 0.0943. The van der Waals surface area contributed by atoms with Crippen molar-refractivity contribution in [3.05, 3.63) is 41.7 Å². The van der Waals surface area contributed by atoms with Crippen LogP contribution in [0.4, 0.5) is 11.8 Å². The highest BCUT2D eigenvalue weighted by Crippen LogP contribution is 2.30. The summed E-state index contributed by atoms with van der Waals surface area (Å²) in [5, 5.41) is 1.88. The summed E-state index contributed by atoms with van der Waals surface area (Å²) in [7, 11) is 4.11. The van der Waals surface area contributed by atoms with Crippen LogP contribution in [-0.2, 0) is 13.6 Å². The molecule has 0 spiro atoms. The Morgan fingerprint density at radius 3 is 2.34 bits per heavy atom. The molecule has 11 heteroatoms. The maximum atomic E-state index is 13.5. The lowest BCUT2D eigenvalue weighted by Crippen LogP contribution is -2.48. The molecular formula is C30H44N10O. The van der Waals surface area contributed by atoms with Crippen LogP contribution >= 0.6 is 0 Å². The third-order valence-electron chi connectivity index (χ3n) is 9.14. The van der Waals surface area contributed by atoms with Crippen molar-refractivity contribution >= 4 is 28.8 Å². The van der Waals surface area contributed by atoms with Crippen molar-refractivity contribution in [3.8, 4) is 0 Å². The first-order chi connectivity index (χ1) is 19.9. The Morgan fingerprint density at radius 2 is 1.63 bits per heavy atom. The number of hydrogen-bond donors (Lipinski definition) is 2. The molecule has 2 saturated heterocycles. The molecule has 3 fully saturated rings. The van der Waals surface area contributed by atoms with Gasteiger partial charge in [-0.3, -0.25) is 20.1 Å². The van der Waals surface area contributed by atoms with Crippen LogP contribution in [0, 0.1) is 5.92 Å². The van der Waals surface area contributed by atoms with Crippen LogP contribution in [0.2, 0.25) is 0 Å². The molecule has 220 valence electrons. The van der Waals surface area contributed by atoms with E-state index in [0.717, 1.165) is 64.3 Å². The monoisotopic (exact) mass is 560 g/mol. The lowest BCUT2D eigenvalue weighted by Gasteiger charge is -2.38. The number of carbonyl (C=O) groups is 1. The minimum Gasteiger partial charge on any atom is -0.368 e. The minimum atomic E-state index is -0.160. The van der Waals surface area contributed by atoms with Crippen molar-refractivity contribution in [2.75, 3.05) is 63.6 Å². The molecule has 0 atom stereocenters. The van der Waals surface area contributed by atoms with Gasteiger partial charge in [-0.1, -0.05) is 25.0 Å². The number of piperidine rings is 1. The Balaban J connectivity index is 1.07. The number of nitrogens with zero attached hydrogens (tertiary/aromatic N) is 8. The van der Waals surface area contributed by atoms with E-state index in [1.807, 2.05) is 28.8 Å². The van der Waals surface area contributed by atoms with Gasteiger partial charge in [0.2, 0.25) is 5.95 Å². The number of hydrogen-bond acceptors (Lipinski definition) is 9. The highest BCUT2D eigenvalue weighted by Gasteiger charge is 2.29. The van der Waals surface area contributed by atoms with Gasteiger partial charge in [0.15, 0.2) is 17.0 Å². The molecule has 2 aromatic heterocycles. The first kappa shape index (κ1) is 27.9. The largest absolute Gasteiger partial charge is 0.368 e. The van der Waals surface area contributed by atoms with Gasteiger partial charge in [-0.15, -0.1) is 0 Å². The molecule has 2 aliphatic heterocycles. The highest BCUT2D eigenvalue weighted by atomic mass is 16.2. The third kappa shape index (κ3) is 6.47. The molecule has 0 unspecified atom stereocenters. The van der Waals surface area contributed by atoms with E-state index in [2.05, 4.69) is 54.3 Å². The van der Waals surface area contributed by atoms with E-state index in [-0.39, 0.29) is 17.9 Å². The van der Waals surface area contributed by atoms with Gasteiger partial charge < -0.3 is 20.1 Å². The minimum absolute atomic E-state index is 0.135. The summed E-state index contributed by atoms with van der Waals surface area (Å²) in [6.45, 7) is 9.10. The van der Waals surface area contributed by atoms with E-state index in [1.165, 1.54) is 38.0 Å².